The molecule has 26 heavy (non-hydrogen) atoms. The molecule has 1 unspecified atom stereocenters. The number of amides is 2. The Morgan fingerprint density at radius 1 is 1.31 bits per heavy atom. The minimum atomic E-state index is -0.995. The molecule has 1 aromatic rings. The number of likely N-dealkylation sites (tertiary alicyclic amines) is 1. The predicted molar refractivity (Wildman–Crippen MR) is 102 cm³/mol. The van der Waals surface area contributed by atoms with Crippen molar-refractivity contribution in [2.45, 2.75) is 44.7 Å². The van der Waals surface area contributed by atoms with Crippen LogP contribution in [0, 0.1) is 5.92 Å². The van der Waals surface area contributed by atoms with Gasteiger partial charge in [0.2, 0.25) is 11.8 Å². The van der Waals surface area contributed by atoms with Crippen LogP contribution in [0.25, 0.3) is 0 Å². The van der Waals surface area contributed by atoms with Crippen LogP contribution < -0.4 is 5.32 Å². The number of nitrogens with one attached hydrogen (secondary N) is 1. The van der Waals surface area contributed by atoms with Crippen LogP contribution in [0.2, 0.25) is 0 Å². The minimum Gasteiger partial charge on any atom is -0.480 e. The van der Waals surface area contributed by atoms with E-state index < -0.39 is 18.1 Å². The van der Waals surface area contributed by atoms with Crippen molar-refractivity contribution in [2.24, 2.45) is 5.92 Å². The van der Waals surface area contributed by atoms with E-state index in [1.54, 1.807) is 6.92 Å². The zero-order valence-corrected chi connectivity index (χ0v) is 15.8. The number of carboxylic acid groups (broad SMARTS) is 1. The molecule has 7 heteroatoms. The van der Waals surface area contributed by atoms with Gasteiger partial charge in [0.1, 0.15) is 12.1 Å². The van der Waals surface area contributed by atoms with Crippen molar-refractivity contribution in [3.63, 3.8) is 0 Å². The summed E-state index contributed by atoms with van der Waals surface area (Å²) < 4.78 is 0. The summed E-state index contributed by atoms with van der Waals surface area (Å²) in [5, 5.41) is 11.9. The number of carboxylic acids is 1. The van der Waals surface area contributed by atoms with Crippen LogP contribution in [0.5, 0.6) is 0 Å². The van der Waals surface area contributed by atoms with Crippen molar-refractivity contribution in [3.05, 3.63) is 35.9 Å². The highest BCUT2D eigenvalue weighted by atomic mass is 32.1. The molecule has 142 valence electrons. The number of thiol groups is 1. The van der Waals surface area contributed by atoms with Crippen molar-refractivity contribution in [1.29, 1.82) is 0 Å². The highest BCUT2D eigenvalue weighted by molar-refractivity contribution is 7.80. The maximum absolute atomic E-state index is 12.5. The van der Waals surface area contributed by atoms with Gasteiger partial charge in [-0.2, -0.15) is 12.6 Å². The van der Waals surface area contributed by atoms with Crippen LogP contribution in [0.1, 0.15) is 31.7 Å². The van der Waals surface area contributed by atoms with Gasteiger partial charge >= 0.3 is 5.97 Å². The summed E-state index contributed by atoms with van der Waals surface area (Å²) in [5.41, 5.74) is 1.15. The van der Waals surface area contributed by atoms with E-state index in [-0.39, 0.29) is 17.7 Å². The fraction of sp³-hybridized carbons (Fsp3) is 0.526. The molecular weight excluding hydrogens is 352 g/mol. The van der Waals surface area contributed by atoms with Gasteiger partial charge < -0.3 is 15.3 Å². The lowest BCUT2D eigenvalue weighted by Gasteiger charge is -2.26. The Labute approximate surface area is 159 Å². The van der Waals surface area contributed by atoms with Crippen LogP contribution >= 0.6 is 12.6 Å². The Morgan fingerprint density at radius 3 is 2.62 bits per heavy atom. The first kappa shape index (κ1) is 20.3. The van der Waals surface area contributed by atoms with E-state index in [2.05, 4.69) is 17.9 Å². The van der Waals surface area contributed by atoms with Gasteiger partial charge in [0, 0.05) is 18.2 Å². The molecule has 3 atom stereocenters. The van der Waals surface area contributed by atoms with E-state index in [9.17, 15) is 19.5 Å². The fourth-order valence-corrected chi connectivity index (χ4v) is 3.57. The van der Waals surface area contributed by atoms with Crippen molar-refractivity contribution in [2.75, 3.05) is 12.3 Å². The Hall–Kier alpha value is -2.02. The third-order valence-corrected chi connectivity index (χ3v) is 5.21. The molecule has 0 aromatic heterocycles. The zero-order chi connectivity index (χ0) is 19.1. The number of hydrogen-bond donors (Lipinski definition) is 3. The first-order valence-electron chi connectivity index (χ1n) is 8.92. The van der Waals surface area contributed by atoms with Gasteiger partial charge in [-0.1, -0.05) is 30.3 Å². The first-order valence-corrected chi connectivity index (χ1v) is 9.55. The monoisotopic (exact) mass is 378 g/mol. The number of rotatable bonds is 8. The molecule has 1 fully saturated rings. The summed E-state index contributed by atoms with van der Waals surface area (Å²) in [5.74, 6) is -1.47. The second-order valence-electron chi connectivity index (χ2n) is 6.66. The molecule has 1 aliphatic heterocycles. The summed E-state index contributed by atoms with van der Waals surface area (Å²) in [6.07, 6.45) is 2.52. The summed E-state index contributed by atoms with van der Waals surface area (Å²) in [7, 11) is 0. The summed E-state index contributed by atoms with van der Waals surface area (Å²) in [6.45, 7) is 2.02. The lowest BCUT2D eigenvalue weighted by Crippen LogP contribution is -2.51. The average molecular weight is 378 g/mol. The fourth-order valence-electron chi connectivity index (χ4n) is 3.22. The standard InChI is InChI=1S/C19H26N2O4S/c1-13(18(23)21-11-5-8-16(21)19(24)25)20-17(22)15(12-26)10-9-14-6-3-2-4-7-14/h2-4,6-7,13,15-16,26H,5,8-12H2,1H3,(H,20,22)(H,24,25)/t13-,15?,16+/m0/s1. The highest BCUT2D eigenvalue weighted by Crippen LogP contribution is 2.19. The molecule has 0 aliphatic carbocycles. The molecule has 6 nitrogen and oxygen atoms in total. The molecule has 0 saturated carbocycles. The molecule has 2 rings (SSSR count). The lowest BCUT2D eigenvalue weighted by molar-refractivity contribution is -0.149. The van der Waals surface area contributed by atoms with E-state index in [0.29, 0.717) is 31.6 Å². The second-order valence-corrected chi connectivity index (χ2v) is 7.03. The van der Waals surface area contributed by atoms with Gasteiger partial charge in [-0.25, -0.2) is 4.79 Å². The normalized spacial score (nSPS) is 19.0. The van der Waals surface area contributed by atoms with Crippen LogP contribution in [-0.4, -0.2) is 52.2 Å². The number of hydrogen-bond acceptors (Lipinski definition) is 4. The van der Waals surface area contributed by atoms with Gasteiger partial charge in [-0.05, 0) is 38.2 Å². The number of benzene rings is 1. The van der Waals surface area contributed by atoms with E-state index >= 15 is 0 Å². The van der Waals surface area contributed by atoms with Crippen LogP contribution in [0.4, 0.5) is 0 Å². The van der Waals surface area contributed by atoms with E-state index in [1.165, 1.54) is 4.90 Å². The Balaban J connectivity index is 1.89. The third-order valence-electron chi connectivity index (χ3n) is 4.77. The quantitative estimate of drug-likeness (QED) is 0.602. The molecule has 0 spiro atoms. The number of aliphatic carboxylic acids is 1. The molecule has 1 saturated heterocycles. The summed E-state index contributed by atoms with van der Waals surface area (Å²) in [4.78, 5) is 37.6. The van der Waals surface area contributed by atoms with Crippen LogP contribution in [0.15, 0.2) is 30.3 Å². The third kappa shape index (κ3) is 5.24. The Morgan fingerprint density at radius 2 is 2.00 bits per heavy atom. The molecule has 2 N–H and O–H groups in total. The molecule has 2 amide bonds. The minimum absolute atomic E-state index is 0.220. The molecule has 0 radical (unpaired) electrons. The molecule has 0 bridgehead atoms. The maximum atomic E-state index is 12.5. The van der Waals surface area contributed by atoms with Gasteiger partial charge in [0.15, 0.2) is 0 Å². The number of aryl methyl sites for hydroxylation is 1. The molecule has 1 aromatic carbocycles. The zero-order valence-electron chi connectivity index (χ0n) is 14.9. The number of carbonyl (C=O) groups excluding carboxylic acids is 2. The number of carbonyl (C=O) groups is 3. The average Bonchev–Trinajstić information content (AvgIpc) is 3.12. The van der Waals surface area contributed by atoms with E-state index in [1.807, 2.05) is 30.3 Å². The Kier molecular flexibility index (Phi) is 7.50. The van der Waals surface area contributed by atoms with Crippen molar-refractivity contribution in [1.82, 2.24) is 10.2 Å². The predicted octanol–water partition coefficient (Wildman–Crippen LogP) is 1.75. The largest absolute Gasteiger partial charge is 0.480 e. The van der Waals surface area contributed by atoms with Crippen molar-refractivity contribution >= 4 is 30.4 Å². The molecular formula is C19H26N2O4S. The topological polar surface area (TPSA) is 86.7 Å². The van der Waals surface area contributed by atoms with Crippen LogP contribution in [-0.2, 0) is 20.8 Å². The second kappa shape index (κ2) is 9.62. The highest BCUT2D eigenvalue weighted by Gasteiger charge is 2.36. The van der Waals surface area contributed by atoms with E-state index in [4.69, 9.17) is 0 Å². The summed E-state index contributed by atoms with van der Waals surface area (Å²) >= 11 is 4.27. The first-order chi connectivity index (χ1) is 12.4. The SMILES string of the molecule is C[C@H](NC(=O)C(CS)CCc1ccccc1)C(=O)N1CCC[C@@H]1C(=O)O. The van der Waals surface area contributed by atoms with Crippen LogP contribution in [0.3, 0.4) is 0 Å². The lowest BCUT2D eigenvalue weighted by atomic mass is 10.00. The summed E-state index contributed by atoms with van der Waals surface area (Å²) in [6, 6.07) is 8.35. The van der Waals surface area contributed by atoms with Gasteiger partial charge in [-0.3, -0.25) is 9.59 Å². The number of nitrogens with zero attached hydrogens (tertiary/aromatic N) is 1. The van der Waals surface area contributed by atoms with Crippen molar-refractivity contribution in [3.8, 4) is 0 Å². The molecule has 1 heterocycles. The van der Waals surface area contributed by atoms with Gasteiger partial charge in [0.05, 0.1) is 0 Å². The van der Waals surface area contributed by atoms with Crippen molar-refractivity contribution < 1.29 is 19.5 Å². The Bertz CT molecular complexity index is 638. The van der Waals surface area contributed by atoms with Gasteiger partial charge in [-0.15, -0.1) is 0 Å². The molecule has 1 aliphatic rings. The van der Waals surface area contributed by atoms with Gasteiger partial charge in [0.25, 0.3) is 0 Å². The smallest absolute Gasteiger partial charge is 0.326 e. The maximum Gasteiger partial charge on any atom is 0.326 e. The van der Waals surface area contributed by atoms with E-state index in [0.717, 1.165) is 12.0 Å².